The van der Waals surface area contributed by atoms with E-state index < -0.39 is 0 Å². The molecule has 1 aliphatic carbocycles. The number of carbonyl (C=O) groups excluding carboxylic acids is 1. The molecule has 0 aromatic carbocycles. The highest BCUT2D eigenvalue weighted by Crippen LogP contribution is 2.32. The summed E-state index contributed by atoms with van der Waals surface area (Å²) in [4.78, 5) is 13.7. The molecule has 0 bridgehead atoms. The summed E-state index contributed by atoms with van der Waals surface area (Å²) in [6, 6.07) is 2.75. The Kier molecular flexibility index (Phi) is 4.78. The Morgan fingerprint density at radius 2 is 2.28 bits per heavy atom. The molecular weight excluding hydrogens is 244 g/mol. The first kappa shape index (κ1) is 13.6. The molecule has 1 aliphatic rings. The summed E-state index contributed by atoms with van der Waals surface area (Å²) >= 11 is 1.95. The number of carbonyl (C=O) groups is 1. The van der Waals surface area contributed by atoms with Gasteiger partial charge >= 0.3 is 0 Å². The standard InChI is InChI=1S/C14H22N2OS/c1-10(16-8-4-7-14(15)17)13-9-11-5-2-3-6-12(11)18-13/h9-10,16H,2-8H2,1H3,(H2,15,17). The number of hydrogen-bond acceptors (Lipinski definition) is 3. The summed E-state index contributed by atoms with van der Waals surface area (Å²) in [5.74, 6) is -0.212. The molecule has 0 saturated heterocycles. The Bertz CT molecular complexity index is 390. The van der Waals surface area contributed by atoms with E-state index in [2.05, 4.69) is 18.3 Å². The zero-order valence-corrected chi connectivity index (χ0v) is 11.8. The van der Waals surface area contributed by atoms with Gasteiger partial charge in [-0.25, -0.2) is 0 Å². The monoisotopic (exact) mass is 266 g/mol. The lowest BCUT2D eigenvalue weighted by atomic mass is 9.99. The number of primary amides is 1. The van der Waals surface area contributed by atoms with E-state index in [0.717, 1.165) is 13.0 Å². The van der Waals surface area contributed by atoms with E-state index in [-0.39, 0.29) is 5.91 Å². The van der Waals surface area contributed by atoms with Crippen molar-refractivity contribution in [2.45, 2.75) is 51.5 Å². The maximum absolute atomic E-state index is 10.6. The fourth-order valence-electron chi connectivity index (χ4n) is 2.41. The van der Waals surface area contributed by atoms with Gasteiger partial charge in [0.1, 0.15) is 0 Å². The molecule has 18 heavy (non-hydrogen) atoms. The maximum Gasteiger partial charge on any atom is 0.217 e. The van der Waals surface area contributed by atoms with Gasteiger partial charge < -0.3 is 11.1 Å². The summed E-state index contributed by atoms with van der Waals surface area (Å²) < 4.78 is 0. The van der Waals surface area contributed by atoms with Crippen LogP contribution in [0.4, 0.5) is 0 Å². The Hall–Kier alpha value is -0.870. The summed E-state index contributed by atoms with van der Waals surface area (Å²) in [7, 11) is 0. The Morgan fingerprint density at radius 3 is 3.00 bits per heavy atom. The molecular formula is C14H22N2OS. The smallest absolute Gasteiger partial charge is 0.217 e. The van der Waals surface area contributed by atoms with E-state index in [4.69, 9.17) is 5.73 Å². The number of rotatable bonds is 6. The SMILES string of the molecule is CC(NCCCC(N)=O)c1cc2c(s1)CCCC2. The first-order valence-electron chi connectivity index (χ1n) is 6.80. The van der Waals surface area contributed by atoms with E-state index in [1.807, 2.05) is 11.3 Å². The van der Waals surface area contributed by atoms with Gasteiger partial charge in [-0.15, -0.1) is 11.3 Å². The van der Waals surface area contributed by atoms with Gasteiger partial charge in [-0.1, -0.05) is 0 Å². The molecule has 0 fully saturated rings. The van der Waals surface area contributed by atoms with Crippen molar-refractivity contribution in [3.8, 4) is 0 Å². The average Bonchev–Trinajstić information content (AvgIpc) is 2.78. The number of aryl methyl sites for hydroxylation is 2. The number of nitrogens with two attached hydrogens (primary N) is 1. The van der Waals surface area contributed by atoms with Crippen molar-refractivity contribution in [3.05, 3.63) is 21.4 Å². The zero-order chi connectivity index (χ0) is 13.0. The summed E-state index contributed by atoms with van der Waals surface area (Å²) in [6.45, 7) is 3.05. The number of hydrogen-bond donors (Lipinski definition) is 2. The molecule has 3 nitrogen and oxygen atoms in total. The minimum Gasteiger partial charge on any atom is -0.370 e. The first-order valence-corrected chi connectivity index (χ1v) is 7.61. The zero-order valence-electron chi connectivity index (χ0n) is 11.0. The second kappa shape index (κ2) is 6.34. The van der Waals surface area contributed by atoms with Crippen molar-refractivity contribution in [2.24, 2.45) is 5.73 Å². The van der Waals surface area contributed by atoms with Gasteiger partial charge in [0, 0.05) is 22.2 Å². The molecule has 4 heteroatoms. The van der Waals surface area contributed by atoms with Crippen molar-refractivity contribution in [2.75, 3.05) is 6.54 Å². The Balaban J connectivity index is 1.83. The summed E-state index contributed by atoms with van der Waals surface area (Å²) in [6.07, 6.45) is 6.48. The van der Waals surface area contributed by atoms with Crippen molar-refractivity contribution >= 4 is 17.2 Å². The molecule has 1 aromatic heterocycles. The van der Waals surface area contributed by atoms with Crippen LogP contribution in [0.3, 0.4) is 0 Å². The van der Waals surface area contributed by atoms with E-state index in [1.165, 1.54) is 30.6 Å². The maximum atomic E-state index is 10.6. The molecule has 0 spiro atoms. The van der Waals surface area contributed by atoms with E-state index in [9.17, 15) is 4.79 Å². The molecule has 1 heterocycles. The van der Waals surface area contributed by atoms with E-state index in [1.54, 1.807) is 10.4 Å². The molecule has 3 N–H and O–H groups in total. The fourth-order valence-corrected chi connectivity index (χ4v) is 3.69. The molecule has 2 rings (SSSR count). The molecule has 1 aromatic rings. The minimum atomic E-state index is -0.212. The lowest BCUT2D eigenvalue weighted by molar-refractivity contribution is -0.118. The normalized spacial score (nSPS) is 16.3. The first-order chi connectivity index (χ1) is 8.66. The largest absolute Gasteiger partial charge is 0.370 e. The van der Waals surface area contributed by atoms with E-state index >= 15 is 0 Å². The molecule has 0 saturated carbocycles. The minimum absolute atomic E-state index is 0.212. The molecule has 1 amide bonds. The van der Waals surface area contributed by atoms with Crippen LogP contribution in [0, 0.1) is 0 Å². The van der Waals surface area contributed by atoms with Crippen LogP contribution < -0.4 is 11.1 Å². The lowest BCUT2D eigenvalue weighted by Gasteiger charge is -2.11. The van der Waals surface area contributed by atoms with Gasteiger partial charge in [-0.3, -0.25) is 4.79 Å². The van der Waals surface area contributed by atoms with Gasteiger partial charge in [-0.2, -0.15) is 0 Å². The van der Waals surface area contributed by atoms with Crippen LogP contribution in [0.1, 0.15) is 54.0 Å². The molecule has 0 radical (unpaired) electrons. The Labute approximate surface area is 113 Å². The third-order valence-electron chi connectivity index (χ3n) is 3.49. The summed E-state index contributed by atoms with van der Waals surface area (Å²) in [5, 5.41) is 3.47. The van der Waals surface area contributed by atoms with Crippen LogP contribution in [0.5, 0.6) is 0 Å². The topological polar surface area (TPSA) is 55.1 Å². The summed E-state index contributed by atoms with van der Waals surface area (Å²) in [5.41, 5.74) is 6.68. The van der Waals surface area contributed by atoms with Crippen LogP contribution in [-0.4, -0.2) is 12.5 Å². The number of amides is 1. The highest BCUT2D eigenvalue weighted by Gasteiger charge is 2.16. The van der Waals surface area contributed by atoms with Gasteiger partial charge in [0.05, 0.1) is 0 Å². The van der Waals surface area contributed by atoms with Crippen LogP contribution in [0.2, 0.25) is 0 Å². The van der Waals surface area contributed by atoms with Gasteiger partial charge in [0.15, 0.2) is 0 Å². The van der Waals surface area contributed by atoms with Crippen molar-refractivity contribution in [1.29, 1.82) is 0 Å². The highest BCUT2D eigenvalue weighted by atomic mass is 32.1. The van der Waals surface area contributed by atoms with Crippen LogP contribution in [-0.2, 0) is 17.6 Å². The highest BCUT2D eigenvalue weighted by molar-refractivity contribution is 7.12. The average molecular weight is 266 g/mol. The number of nitrogens with one attached hydrogen (secondary N) is 1. The van der Waals surface area contributed by atoms with Crippen LogP contribution >= 0.6 is 11.3 Å². The van der Waals surface area contributed by atoms with Gasteiger partial charge in [0.25, 0.3) is 0 Å². The fraction of sp³-hybridized carbons (Fsp3) is 0.643. The van der Waals surface area contributed by atoms with Crippen molar-refractivity contribution < 1.29 is 4.79 Å². The molecule has 1 unspecified atom stereocenters. The third kappa shape index (κ3) is 3.56. The van der Waals surface area contributed by atoms with E-state index in [0.29, 0.717) is 12.5 Å². The molecule has 0 aliphatic heterocycles. The van der Waals surface area contributed by atoms with Crippen molar-refractivity contribution in [1.82, 2.24) is 5.32 Å². The second-order valence-corrected chi connectivity index (χ2v) is 6.22. The quantitative estimate of drug-likeness (QED) is 0.777. The molecule has 1 atom stereocenters. The second-order valence-electron chi connectivity index (χ2n) is 5.05. The Morgan fingerprint density at radius 1 is 1.50 bits per heavy atom. The third-order valence-corrected chi connectivity index (χ3v) is 4.91. The number of fused-ring (bicyclic) bond motifs is 1. The van der Waals surface area contributed by atoms with Crippen LogP contribution in [0.25, 0.3) is 0 Å². The lowest BCUT2D eigenvalue weighted by Crippen LogP contribution is -2.21. The predicted octanol–water partition coefficient (Wildman–Crippen LogP) is 2.54. The van der Waals surface area contributed by atoms with Crippen molar-refractivity contribution in [3.63, 3.8) is 0 Å². The predicted molar refractivity (Wildman–Crippen MR) is 75.8 cm³/mol. The van der Waals surface area contributed by atoms with Crippen LogP contribution in [0.15, 0.2) is 6.07 Å². The van der Waals surface area contributed by atoms with Gasteiger partial charge in [0.2, 0.25) is 5.91 Å². The molecule has 100 valence electrons. The number of thiophene rings is 1. The van der Waals surface area contributed by atoms with Gasteiger partial charge in [-0.05, 0) is 57.2 Å².